The van der Waals surface area contributed by atoms with Crippen molar-refractivity contribution in [1.29, 1.82) is 0 Å². The van der Waals surface area contributed by atoms with E-state index in [2.05, 4.69) is 48.1 Å². The summed E-state index contributed by atoms with van der Waals surface area (Å²) in [5, 5.41) is 4.32. The smallest absolute Gasteiger partial charge is 0.343 e. The number of hydrogen-bond donors (Lipinski definition) is 0. The normalized spacial score (nSPS) is 11.2. The molecule has 0 aliphatic carbocycles. The average Bonchev–Trinajstić information content (AvgIpc) is 3.08. The number of nitrogens with zero attached hydrogens (tertiary/aromatic N) is 2. The molecule has 0 amide bonds. The molecule has 134 valence electrons. The Bertz CT molecular complexity index is 711. The van der Waals surface area contributed by atoms with Gasteiger partial charge in [-0.05, 0) is 12.1 Å². The Morgan fingerprint density at radius 2 is 1.16 bits per heavy atom. The van der Waals surface area contributed by atoms with Crippen molar-refractivity contribution in [3.63, 3.8) is 0 Å². The Kier molecular flexibility index (Phi) is 8.40. The zero-order valence-corrected chi connectivity index (χ0v) is 16.3. The van der Waals surface area contributed by atoms with Gasteiger partial charge in [-0.3, -0.25) is 0 Å². The first-order valence-corrected chi connectivity index (χ1v) is 10.5. The number of aromatic nitrogens is 2. The predicted octanol–water partition coefficient (Wildman–Crippen LogP) is 2.45. The van der Waals surface area contributed by atoms with Crippen molar-refractivity contribution in [2.75, 3.05) is 11.5 Å². The van der Waals surface area contributed by atoms with Crippen LogP contribution in [0.25, 0.3) is 19.7 Å². The molecule has 0 aromatic carbocycles. The van der Waals surface area contributed by atoms with Crippen LogP contribution in [-0.4, -0.2) is 28.1 Å². The molecule has 0 aliphatic heterocycles. The van der Waals surface area contributed by atoms with Crippen LogP contribution < -0.4 is 16.0 Å². The van der Waals surface area contributed by atoms with Crippen LogP contribution in [0.1, 0.15) is 38.5 Å². The third kappa shape index (κ3) is 6.43. The Morgan fingerprint density at radius 3 is 1.68 bits per heavy atom. The second-order valence-corrected chi connectivity index (χ2v) is 7.89. The topological polar surface area (TPSA) is 9.86 Å². The summed E-state index contributed by atoms with van der Waals surface area (Å²) >= 11 is 2.10. The van der Waals surface area contributed by atoms with E-state index in [1.165, 1.54) is 50.0 Å². The van der Waals surface area contributed by atoms with Crippen LogP contribution in [-0.2, 0) is 13.1 Å². The molecule has 0 radical (unpaired) electrons. The maximum absolute atomic E-state index is 4.04. The van der Waals surface area contributed by atoms with Gasteiger partial charge >= 0.3 is 110 Å². The van der Waals surface area contributed by atoms with Crippen molar-refractivity contribution in [2.24, 2.45) is 0 Å². The summed E-state index contributed by atoms with van der Waals surface area (Å²) in [6.07, 6.45) is 7.64. The molecule has 0 unspecified atom stereocenters. The molecule has 2 rings (SSSR count). The van der Waals surface area contributed by atoms with E-state index in [0.29, 0.717) is 0 Å². The zero-order valence-electron chi connectivity index (χ0n) is 15.5. The Labute approximate surface area is 157 Å². The molecular weight excluding hydrogens is 323 g/mol. The molecule has 2 aromatic heterocycles. The van der Waals surface area contributed by atoms with Crippen molar-refractivity contribution < 1.29 is 0 Å². The molecule has 0 atom stereocenters. The molecule has 0 saturated heterocycles. The molecule has 2 nitrogen and oxygen atoms in total. The van der Waals surface area contributed by atoms with Crippen molar-refractivity contribution in [3.05, 3.63) is 45.6 Å². The summed E-state index contributed by atoms with van der Waals surface area (Å²) in [5.41, 5.74) is 0. The van der Waals surface area contributed by atoms with Gasteiger partial charge in [0.05, 0.1) is 0 Å². The number of thioether (sulfide) groups is 1. The van der Waals surface area contributed by atoms with E-state index in [9.17, 15) is 0 Å². The van der Waals surface area contributed by atoms with E-state index in [-0.39, 0.29) is 0 Å². The van der Waals surface area contributed by atoms with Crippen LogP contribution in [0.2, 0.25) is 0 Å². The molecule has 0 spiro atoms. The number of rotatable bonds is 12. The third-order valence-electron chi connectivity index (χ3n) is 4.66. The van der Waals surface area contributed by atoms with Gasteiger partial charge in [0.25, 0.3) is 0 Å². The van der Waals surface area contributed by atoms with Crippen molar-refractivity contribution >= 4 is 39.0 Å². The van der Waals surface area contributed by atoms with Gasteiger partial charge in [0, 0.05) is 17.2 Å². The van der Waals surface area contributed by atoms with Crippen LogP contribution in [0.3, 0.4) is 0 Å². The summed E-state index contributed by atoms with van der Waals surface area (Å²) in [6, 6.07) is 8.18. The van der Waals surface area contributed by atoms with E-state index in [4.69, 9.17) is 0 Å². The summed E-state index contributed by atoms with van der Waals surface area (Å²) in [5.74, 6) is 2.56. The van der Waals surface area contributed by atoms with Crippen LogP contribution in [0.4, 0.5) is 0 Å². The molecule has 25 heavy (non-hydrogen) atoms. The Morgan fingerprint density at radius 1 is 0.680 bits per heavy atom. The second kappa shape index (κ2) is 10.5. The first kappa shape index (κ1) is 19.9. The minimum atomic E-state index is 1.05. The van der Waals surface area contributed by atoms with Crippen LogP contribution in [0.15, 0.2) is 24.3 Å². The molecule has 0 bridgehead atoms. The molecule has 2 heterocycles. The molecular formula is C21H31BN2S. The van der Waals surface area contributed by atoms with Crippen molar-refractivity contribution in [3.8, 4) is 0 Å². The SMILES string of the molecule is B=c1ccc(=C)n1CCCCCSCCCCCn1c(=C)ccc1=C. The second-order valence-electron chi connectivity index (χ2n) is 6.67. The quantitative estimate of drug-likeness (QED) is 0.421. The van der Waals surface area contributed by atoms with Gasteiger partial charge in [0.2, 0.25) is 0 Å². The molecule has 0 aliphatic rings. The average molecular weight is 354 g/mol. The first-order valence-electron chi connectivity index (χ1n) is 9.34. The Hall–Kier alpha value is -1.42. The van der Waals surface area contributed by atoms with Gasteiger partial charge in [-0.2, -0.15) is 0 Å². The van der Waals surface area contributed by atoms with E-state index in [1.807, 2.05) is 24.3 Å². The van der Waals surface area contributed by atoms with Gasteiger partial charge in [0.1, 0.15) is 0 Å². The molecule has 0 fully saturated rings. The van der Waals surface area contributed by atoms with Gasteiger partial charge in [-0.15, -0.1) is 0 Å². The minimum Gasteiger partial charge on any atom is -0.343 e. The van der Waals surface area contributed by atoms with Crippen molar-refractivity contribution in [1.82, 2.24) is 9.13 Å². The van der Waals surface area contributed by atoms with Crippen LogP contribution >= 0.6 is 11.8 Å². The molecule has 0 N–H and O–H groups in total. The van der Waals surface area contributed by atoms with E-state index >= 15 is 0 Å². The zero-order chi connectivity index (χ0) is 18.1. The summed E-state index contributed by atoms with van der Waals surface area (Å²) in [7, 11) is 4.04. The third-order valence-corrected chi connectivity index (χ3v) is 5.82. The summed E-state index contributed by atoms with van der Waals surface area (Å²) in [6.45, 7) is 14.2. The molecule has 0 saturated carbocycles. The van der Waals surface area contributed by atoms with Crippen molar-refractivity contribution in [2.45, 2.75) is 51.6 Å². The standard InChI is InChI=1S/C21H31BN2S/c1-18-10-11-19(2)23(18)14-6-4-8-16-25-17-9-5-7-15-24-20(3)12-13-21(24)22/h10-13,22H,1-9,14-17H2. The monoisotopic (exact) mass is 354 g/mol. The van der Waals surface area contributed by atoms with E-state index < -0.39 is 0 Å². The van der Waals surface area contributed by atoms with E-state index in [1.54, 1.807) is 0 Å². The van der Waals surface area contributed by atoms with Crippen LogP contribution in [0, 0.1) is 5.24 Å². The maximum atomic E-state index is 4.04. The predicted molar refractivity (Wildman–Crippen MR) is 115 cm³/mol. The van der Waals surface area contributed by atoms with Gasteiger partial charge in [0.15, 0.2) is 0 Å². The fourth-order valence-corrected chi connectivity index (χ4v) is 4.11. The fourth-order valence-electron chi connectivity index (χ4n) is 3.09. The van der Waals surface area contributed by atoms with Gasteiger partial charge in [-0.1, -0.05) is 13.2 Å². The Balaban J connectivity index is 1.44. The first-order chi connectivity index (χ1) is 12.1. The minimum absolute atomic E-state index is 1.05. The van der Waals surface area contributed by atoms with Gasteiger partial charge < -0.3 is 4.57 Å². The summed E-state index contributed by atoms with van der Waals surface area (Å²) < 4.78 is 4.43. The fraction of sp³-hybridized carbons (Fsp3) is 0.476. The van der Waals surface area contributed by atoms with Crippen LogP contribution in [0.5, 0.6) is 0 Å². The molecule has 4 heteroatoms. The molecule has 2 aromatic rings. The van der Waals surface area contributed by atoms with E-state index in [0.717, 1.165) is 34.4 Å². The summed E-state index contributed by atoms with van der Waals surface area (Å²) in [4.78, 5) is 0. The number of unbranched alkanes of at least 4 members (excludes halogenated alkanes) is 4. The number of hydrogen-bond acceptors (Lipinski definition) is 1. The van der Waals surface area contributed by atoms with Gasteiger partial charge in [-0.25, -0.2) is 0 Å².